The van der Waals surface area contributed by atoms with Crippen LogP contribution < -0.4 is 4.74 Å². The molecule has 0 unspecified atom stereocenters. The number of carbonyl (C=O) groups is 1. The van der Waals surface area contributed by atoms with Gasteiger partial charge in [-0.25, -0.2) is 0 Å². The summed E-state index contributed by atoms with van der Waals surface area (Å²) >= 11 is 0. The van der Waals surface area contributed by atoms with E-state index in [4.69, 9.17) is 4.74 Å². The molecule has 7 heteroatoms. The Morgan fingerprint density at radius 1 is 1.08 bits per heavy atom. The first-order chi connectivity index (χ1) is 12.6. The number of hydrogen-bond acceptors (Lipinski definition) is 5. The highest BCUT2D eigenvalue weighted by Crippen LogP contribution is 2.21. The first-order valence-electron chi connectivity index (χ1n) is 8.46. The van der Waals surface area contributed by atoms with E-state index in [1.807, 2.05) is 11.0 Å². The van der Waals surface area contributed by atoms with Gasteiger partial charge in [-0.15, -0.1) is 0 Å². The van der Waals surface area contributed by atoms with Crippen LogP contribution in [0.3, 0.4) is 0 Å². The summed E-state index contributed by atoms with van der Waals surface area (Å²) in [5.41, 5.74) is 1.48. The summed E-state index contributed by atoms with van der Waals surface area (Å²) in [7, 11) is 1.59. The predicted molar refractivity (Wildman–Crippen MR) is 97.3 cm³/mol. The van der Waals surface area contributed by atoms with E-state index in [2.05, 4.69) is 4.90 Å². The van der Waals surface area contributed by atoms with E-state index in [0.29, 0.717) is 43.9 Å². The molecular formula is C19H21N3O4. The number of amides is 1. The van der Waals surface area contributed by atoms with Crippen LogP contribution in [0.1, 0.15) is 15.9 Å². The van der Waals surface area contributed by atoms with Crippen LogP contribution in [0.15, 0.2) is 48.5 Å². The third kappa shape index (κ3) is 4.00. The zero-order valence-corrected chi connectivity index (χ0v) is 14.6. The van der Waals surface area contributed by atoms with E-state index in [0.717, 1.165) is 5.75 Å². The van der Waals surface area contributed by atoms with E-state index in [9.17, 15) is 14.9 Å². The van der Waals surface area contributed by atoms with E-state index < -0.39 is 0 Å². The van der Waals surface area contributed by atoms with E-state index in [1.54, 1.807) is 43.5 Å². The SMILES string of the molecule is COc1ccc(C(=O)N2CCN(Cc3ccccc3[N+](=O)[O-])CC2)cc1. The number of rotatable bonds is 5. The van der Waals surface area contributed by atoms with Crippen LogP contribution in [0.5, 0.6) is 5.75 Å². The number of para-hydroxylation sites is 1. The number of nitro benzene ring substituents is 1. The van der Waals surface area contributed by atoms with Gasteiger partial charge in [-0.05, 0) is 24.3 Å². The Morgan fingerprint density at radius 2 is 1.73 bits per heavy atom. The average Bonchev–Trinajstić information content (AvgIpc) is 2.68. The number of hydrogen-bond donors (Lipinski definition) is 0. The Labute approximate surface area is 151 Å². The molecule has 1 saturated heterocycles. The van der Waals surface area contributed by atoms with Gasteiger partial charge in [0, 0.05) is 49.9 Å². The Morgan fingerprint density at radius 3 is 2.35 bits per heavy atom. The van der Waals surface area contributed by atoms with Crippen LogP contribution in [0.25, 0.3) is 0 Å². The number of nitrogens with zero attached hydrogens (tertiary/aromatic N) is 3. The maximum Gasteiger partial charge on any atom is 0.273 e. The van der Waals surface area contributed by atoms with Crippen molar-refractivity contribution in [2.45, 2.75) is 6.54 Å². The molecule has 1 aliphatic heterocycles. The zero-order valence-electron chi connectivity index (χ0n) is 14.6. The topological polar surface area (TPSA) is 75.9 Å². The van der Waals surface area contributed by atoms with Crippen molar-refractivity contribution in [1.29, 1.82) is 0 Å². The van der Waals surface area contributed by atoms with Crippen LogP contribution in [0.2, 0.25) is 0 Å². The van der Waals surface area contributed by atoms with Gasteiger partial charge in [0.1, 0.15) is 5.75 Å². The molecule has 0 N–H and O–H groups in total. The molecule has 1 heterocycles. The van der Waals surface area contributed by atoms with Gasteiger partial charge < -0.3 is 9.64 Å². The minimum Gasteiger partial charge on any atom is -0.497 e. The zero-order chi connectivity index (χ0) is 18.5. The van der Waals surface area contributed by atoms with Crippen LogP contribution >= 0.6 is 0 Å². The molecule has 1 aliphatic rings. The second-order valence-corrected chi connectivity index (χ2v) is 6.18. The molecule has 0 saturated carbocycles. The maximum atomic E-state index is 12.6. The van der Waals surface area contributed by atoms with E-state index in [-0.39, 0.29) is 16.5 Å². The molecule has 7 nitrogen and oxygen atoms in total. The lowest BCUT2D eigenvalue weighted by Gasteiger charge is -2.34. The number of piperazine rings is 1. The normalized spacial score (nSPS) is 14.9. The summed E-state index contributed by atoms with van der Waals surface area (Å²) in [4.78, 5) is 27.3. The second-order valence-electron chi connectivity index (χ2n) is 6.18. The van der Waals surface area contributed by atoms with Crippen LogP contribution in [-0.2, 0) is 6.54 Å². The van der Waals surface area contributed by atoms with E-state index >= 15 is 0 Å². The van der Waals surface area contributed by atoms with Gasteiger partial charge in [0.05, 0.1) is 12.0 Å². The van der Waals surface area contributed by atoms with Gasteiger partial charge in [-0.3, -0.25) is 19.8 Å². The molecular weight excluding hydrogens is 334 g/mol. The summed E-state index contributed by atoms with van der Waals surface area (Å²) in [5.74, 6) is 0.716. The molecule has 1 amide bonds. The minimum absolute atomic E-state index is 0.00186. The summed E-state index contributed by atoms with van der Waals surface area (Å²) in [5, 5.41) is 11.1. The van der Waals surface area contributed by atoms with Gasteiger partial charge in [-0.1, -0.05) is 18.2 Å². The Kier molecular flexibility index (Phi) is 5.48. The lowest BCUT2D eigenvalue weighted by Crippen LogP contribution is -2.48. The third-order valence-corrected chi connectivity index (χ3v) is 4.58. The summed E-state index contributed by atoms with van der Waals surface area (Å²) in [6, 6.07) is 13.9. The molecule has 0 aromatic heterocycles. The molecule has 0 spiro atoms. The van der Waals surface area contributed by atoms with Crippen LogP contribution in [0, 0.1) is 10.1 Å². The molecule has 0 aliphatic carbocycles. The largest absolute Gasteiger partial charge is 0.497 e. The predicted octanol–water partition coefficient (Wildman–Crippen LogP) is 2.56. The fourth-order valence-corrected chi connectivity index (χ4v) is 3.09. The Bertz CT molecular complexity index is 784. The highest BCUT2D eigenvalue weighted by Gasteiger charge is 2.24. The summed E-state index contributed by atoms with van der Waals surface area (Å²) in [6.07, 6.45) is 0. The second kappa shape index (κ2) is 7.97. The molecule has 0 atom stereocenters. The van der Waals surface area contributed by atoms with E-state index in [1.165, 1.54) is 6.07 Å². The first kappa shape index (κ1) is 17.9. The summed E-state index contributed by atoms with van der Waals surface area (Å²) < 4.78 is 5.11. The average molecular weight is 355 g/mol. The highest BCUT2D eigenvalue weighted by atomic mass is 16.6. The molecule has 2 aromatic rings. The molecule has 26 heavy (non-hydrogen) atoms. The number of ether oxygens (including phenoxy) is 1. The van der Waals surface area contributed by atoms with Gasteiger partial charge in [0.25, 0.3) is 11.6 Å². The Balaban J connectivity index is 1.59. The maximum absolute atomic E-state index is 12.6. The standard InChI is InChI=1S/C19H21N3O4/c1-26-17-8-6-15(7-9-17)19(23)21-12-10-20(11-13-21)14-16-4-2-3-5-18(16)22(24)25/h2-9H,10-14H2,1H3. The van der Waals surface area contributed by atoms with Crippen molar-refractivity contribution >= 4 is 11.6 Å². The first-order valence-corrected chi connectivity index (χ1v) is 8.46. The van der Waals surface area contributed by atoms with Crippen LogP contribution in [-0.4, -0.2) is 53.9 Å². The molecule has 3 rings (SSSR count). The van der Waals surface area contributed by atoms with Gasteiger partial charge in [-0.2, -0.15) is 0 Å². The van der Waals surface area contributed by atoms with Crippen molar-refractivity contribution in [2.75, 3.05) is 33.3 Å². The van der Waals surface area contributed by atoms with Crippen molar-refractivity contribution < 1.29 is 14.5 Å². The van der Waals surface area contributed by atoms with Gasteiger partial charge in [0.2, 0.25) is 0 Å². The number of benzene rings is 2. The molecule has 2 aromatic carbocycles. The van der Waals surface area contributed by atoms with Crippen molar-refractivity contribution in [1.82, 2.24) is 9.80 Å². The van der Waals surface area contributed by atoms with Crippen molar-refractivity contribution in [2.24, 2.45) is 0 Å². The fraction of sp³-hybridized carbons (Fsp3) is 0.316. The van der Waals surface area contributed by atoms with Crippen molar-refractivity contribution in [3.05, 3.63) is 69.8 Å². The fourth-order valence-electron chi connectivity index (χ4n) is 3.09. The number of nitro groups is 1. The van der Waals surface area contributed by atoms with Gasteiger partial charge in [0.15, 0.2) is 0 Å². The van der Waals surface area contributed by atoms with Crippen LogP contribution in [0.4, 0.5) is 5.69 Å². The van der Waals surface area contributed by atoms with Crippen molar-refractivity contribution in [3.8, 4) is 5.75 Å². The molecule has 0 bridgehead atoms. The highest BCUT2D eigenvalue weighted by molar-refractivity contribution is 5.94. The third-order valence-electron chi connectivity index (χ3n) is 4.58. The van der Waals surface area contributed by atoms with Crippen molar-refractivity contribution in [3.63, 3.8) is 0 Å². The number of carbonyl (C=O) groups excluding carboxylic acids is 1. The summed E-state index contributed by atoms with van der Waals surface area (Å²) in [6.45, 7) is 3.10. The van der Waals surface area contributed by atoms with Gasteiger partial charge >= 0.3 is 0 Å². The minimum atomic E-state index is -0.348. The Hall–Kier alpha value is -2.93. The molecule has 1 fully saturated rings. The number of methoxy groups -OCH3 is 1. The lowest BCUT2D eigenvalue weighted by atomic mass is 10.1. The molecule has 136 valence electrons. The quantitative estimate of drug-likeness (QED) is 0.609. The monoisotopic (exact) mass is 355 g/mol. The smallest absolute Gasteiger partial charge is 0.273 e. The lowest BCUT2D eigenvalue weighted by molar-refractivity contribution is -0.385. The molecule has 0 radical (unpaired) electrons.